The highest BCUT2D eigenvalue weighted by Crippen LogP contribution is 2.49. The Morgan fingerprint density at radius 2 is 1.47 bits per heavy atom. The van der Waals surface area contributed by atoms with Gasteiger partial charge in [0.15, 0.2) is 0 Å². The maximum atomic E-state index is 6.21. The lowest BCUT2D eigenvalue weighted by Gasteiger charge is -2.28. The van der Waals surface area contributed by atoms with Gasteiger partial charge < -0.3 is 4.74 Å². The van der Waals surface area contributed by atoms with Gasteiger partial charge in [-0.1, -0.05) is 60.7 Å². The van der Waals surface area contributed by atoms with Gasteiger partial charge in [0.05, 0.1) is 6.61 Å². The highest BCUT2D eigenvalue weighted by Gasteiger charge is 2.39. The first-order valence-corrected chi connectivity index (χ1v) is 6.60. The molecule has 1 heteroatoms. The predicted molar refractivity (Wildman–Crippen MR) is 79.1 cm³/mol. The van der Waals surface area contributed by atoms with Crippen LogP contribution < -0.4 is 0 Å². The Balaban J connectivity index is 2.16. The van der Waals surface area contributed by atoms with Crippen LogP contribution in [0.4, 0.5) is 0 Å². The first-order chi connectivity index (χ1) is 9.13. The van der Waals surface area contributed by atoms with Gasteiger partial charge in [0, 0.05) is 0 Å². The minimum Gasteiger partial charge on any atom is -0.361 e. The van der Waals surface area contributed by atoms with Gasteiger partial charge in [0.1, 0.15) is 5.60 Å². The van der Waals surface area contributed by atoms with E-state index < -0.39 is 0 Å². The lowest BCUT2D eigenvalue weighted by molar-refractivity contribution is 0.0137. The van der Waals surface area contributed by atoms with E-state index in [0.29, 0.717) is 6.61 Å². The van der Waals surface area contributed by atoms with Crippen LogP contribution in [-0.4, -0.2) is 6.61 Å². The third kappa shape index (κ3) is 1.82. The molecular formula is C18H18O. The number of ether oxygens (including phenoxy) is 1. The van der Waals surface area contributed by atoms with Crippen LogP contribution in [0.3, 0.4) is 0 Å². The van der Waals surface area contributed by atoms with Crippen LogP contribution >= 0.6 is 0 Å². The number of hydrogen-bond acceptors (Lipinski definition) is 1. The van der Waals surface area contributed by atoms with Crippen LogP contribution in [0.15, 0.2) is 60.7 Å². The van der Waals surface area contributed by atoms with Gasteiger partial charge in [0.2, 0.25) is 0 Å². The number of hydrogen-bond donors (Lipinski definition) is 0. The Morgan fingerprint density at radius 3 is 1.95 bits per heavy atom. The lowest BCUT2D eigenvalue weighted by Crippen LogP contribution is -2.25. The summed E-state index contributed by atoms with van der Waals surface area (Å²) in [6, 6.07) is 17.0. The second kappa shape index (κ2) is 4.36. The van der Waals surface area contributed by atoms with Gasteiger partial charge in [0.25, 0.3) is 0 Å². The fraction of sp³-hybridized carbons (Fsp3) is 0.222. The van der Waals surface area contributed by atoms with Crippen LogP contribution in [0.1, 0.15) is 25.0 Å². The van der Waals surface area contributed by atoms with E-state index in [-0.39, 0.29) is 5.60 Å². The van der Waals surface area contributed by atoms with E-state index in [0.717, 1.165) is 5.57 Å². The van der Waals surface area contributed by atoms with Crippen molar-refractivity contribution in [1.82, 2.24) is 0 Å². The molecule has 0 amide bonds. The maximum absolute atomic E-state index is 6.21. The molecule has 0 saturated heterocycles. The molecule has 0 N–H and O–H groups in total. The Bertz CT molecular complexity index is 594. The van der Waals surface area contributed by atoms with Gasteiger partial charge in [-0.25, -0.2) is 0 Å². The van der Waals surface area contributed by atoms with Gasteiger partial charge >= 0.3 is 0 Å². The molecule has 1 aliphatic carbocycles. The molecule has 0 aromatic heterocycles. The second-order valence-electron chi connectivity index (χ2n) is 5.37. The highest BCUT2D eigenvalue weighted by molar-refractivity contribution is 5.79. The van der Waals surface area contributed by atoms with E-state index in [1.807, 2.05) is 6.92 Å². The van der Waals surface area contributed by atoms with Crippen molar-refractivity contribution in [1.29, 1.82) is 0 Å². The summed E-state index contributed by atoms with van der Waals surface area (Å²) in [5.41, 5.74) is 5.73. The molecule has 0 atom stereocenters. The van der Waals surface area contributed by atoms with E-state index in [9.17, 15) is 0 Å². The Hall–Kier alpha value is -1.86. The van der Waals surface area contributed by atoms with Crippen molar-refractivity contribution in [2.75, 3.05) is 6.61 Å². The normalized spacial score (nSPS) is 14.8. The van der Waals surface area contributed by atoms with Crippen molar-refractivity contribution in [2.45, 2.75) is 19.4 Å². The highest BCUT2D eigenvalue weighted by atomic mass is 16.5. The van der Waals surface area contributed by atoms with E-state index in [1.54, 1.807) is 0 Å². The summed E-state index contributed by atoms with van der Waals surface area (Å²) in [4.78, 5) is 0. The molecule has 3 rings (SSSR count). The molecule has 2 aromatic rings. The van der Waals surface area contributed by atoms with Gasteiger partial charge in [-0.3, -0.25) is 0 Å². The zero-order valence-corrected chi connectivity index (χ0v) is 11.4. The van der Waals surface area contributed by atoms with Gasteiger partial charge in [-0.05, 0) is 36.1 Å². The van der Waals surface area contributed by atoms with Crippen LogP contribution in [-0.2, 0) is 10.3 Å². The molecule has 96 valence electrons. The summed E-state index contributed by atoms with van der Waals surface area (Å²) in [6.07, 6.45) is 0. The quantitative estimate of drug-likeness (QED) is 0.727. The molecule has 0 saturated carbocycles. The molecule has 0 aliphatic heterocycles. The van der Waals surface area contributed by atoms with Crippen molar-refractivity contribution in [3.8, 4) is 11.1 Å². The molecule has 0 spiro atoms. The Kier molecular flexibility index (Phi) is 2.79. The summed E-state index contributed by atoms with van der Waals surface area (Å²) in [5, 5.41) is 0. The van der Waals surface area contributed by atoms with Crippen LogP contribution in [0, 0.1) is 0 Å². The van der Waals surface area contributed by atoms with Gasteiger partial charge in [-0.2, -0.15) is 0 Å². The average Bonchev–Trinajstić information content (AvgIpc) is 2.69. The monoisotopic (exact) mass is 250 g/mol. The number of rotatable bonds is 3. The molecular weight excluding hydrogens is 232 g/mol. The van der Waals surface area contributed by atoms with Crippen molar-refractivity contribution < 1.29 is 4.74 Å². The fourth-order valence-electron chi connectivity index (χ4n) is 2.84. The zero-order chi connectivity index (χ0) is 13.5. The van der Waals surface area contributed by atoms with E-state index in [1.165, 1.54) is 22.3 Å². The third-order valence-electron chi connectivity index (χ3n) is 3.78. The zero-order valence-electron chi connectivity index (χ0n) is 11.4. The summed E-state index contributed by atoms with van der Waals surface area (Å²) in [7, 11) is 0. The molecule has 1 aliphatic rings. The van der Waals surface area contributed by atoms with Crippen LogP contribution in [0.25, 0.3) is 11.1 Å². The molecule has 1 nitrogen and oxygen atoms in total. The molecule has 0 radical (unpaired) electrons. The molecule has 0 bridgehead atoms. The minimum atomic E-state index is -0.369. The minimum absolute atomic E-state index is 0.369. The van der Waals surface area contributed by atoms with Crippen molar-refractivity contribution >= 4 is 0 Å². The summed E-state index contributed by atoms with van der Waals surface area (Å²) in [6.45, 7) is 8.67. The predicted octanol–water partition coefficient (Wildman–Crippen LogP) is 4.52. The number of benzene rings is 2. The molecule has 2 aromatic carbocycles. The van der Waals surface area contributed by atoms with Gasteiger partial charge in [-0.15, -0.1) is 0 Å². The topological polar surface area (TPSA) is 9.23 Å². The Labute approximate surface area is 114 Å². The summed E-state index contributed by atoms with van der Waals surface area (Å²) in [5.74, 6) is 0. The first-order valence-electron chi connectivity index (χ1n) is 6.60. The standard InChI is InChI=1S/C18H18O/c1-13(2)12-19-18(3)16-10-6-4-8-14(16)15-9-5-7-11-17(15)18/h4-11H,1,12H2,2-3H3. The van der Waals surface area contributed by atoms with Crippen molar-refractivity contribution in [2.24, 2.45) is 0 Å². The summed E-state index contributed by atoms with van der Waals surface area (Å²) >= 11 is 0. The Morgan fingerprint density at radius 1 is 1.00 bits per heavy atom. The van der Waals surface area contributed by atoms with E-state index in [4.69, 9.17) is 4.74 Å². The van der Waals surface area contributed by atoms with Crippen molar-refractivity contribution in [3.63, 3.8) is 0 Å². The molecule has 0 heterocycles. The van der Waals surface area contributed by atoms with Crippen molar-refractivity contribution in [3.05, 3.63) is 71.8 Å². The smallest absolute Gasteiger partial charge is 0.117 e. The molecule has 0 unspecified atom stereocenters. The fourth-order valence-corrected chi connectivity index (χ4v) is 2.84. The largest absolute Gasteiger partial charge is 0.361 e. The summed E-state index contributed by atoms with van der Waals surface area (Å²) < 4.78 is 6.21. The second-order valence-corrected chi connectivity index (χ2v) is 5.37. The first kappa shape index (κ1) is 12.2. The lowest BCUT2D eigenvalue weighted by atomic mass is 9.93. The average molecular weight is 250 g/mol. The number of fused-ring (bicyclic) bond motifs is 3. The molecule has 19 heavy (non-hydrogen) atoms. The van der Waals surface area contributed by atoms with E-state index >= 15 is 0 Å². The van der Waals surface area contributed by atoms with Crippen LogP contribution in [0.5, 0.6) is 0 Å². The SMILES string of the molecule is C=C(C)COC1(C)c2ccccc2-c2ccccc21. The van der Waals surface area contributed by atoms with E-state index in [2.05, 4.69) is 62.0 Å². The maximum Gasteiger partial charge on any atom is 0.117 e. The van der Waals surface area contributed by atoms with Crippen LogP contribution in [0.2, 0.25) is 0 Å². The molecule has 0 fully saturated rings. The third-order valence-corrected chi connectivity index (χ3v) is 3.78.